The Morgan fingerprint density at radius 1 is 1.15 bits per heavy atom. The van der Waals surface area contributed by atoms with E-state index in [9.17, 15) is 4.89 Å². The molecule has 2 nitrogen and oxygen atoms in total. The number of rotatable bonds is 8. The second-order valence-electron chi connectivity index (χ2n) is 4.69. The van der Waals surface area contributed by atoms with Gasteiger partial charge in [0.25, 0.3) is 5.69 Å². The van der Waals surface area contributed by atoms with Gasteiger partial charge in [-0.1, -0.05) is 57.1 Å². The van der Waals surface area contributed by atoms with Crippen LogP contribution in [0.25, 0.3) is 0 Å². The van der Waals surface area contributed by atoms with Gasteiger partial charge in [-0.15, -0.1) is 0 Å². The first-order chi connectivity index (χ1) is 8.98. The Balaban J connectivity index is 0.00000361. The molecule has 1 N–H and O–H groups in total. The molecule has 0 fully saturated rings. The first-order valence-corrected chi connectivity index (χ1v) is 10.7. The molecule has 20 heavy (non-hydrogen) atoms. The van der Waals surface area contributed by atoms with Crippen LogP contribution in [0.2, 0.25) is 0 Å². The van der Waals surface area contributed by atoms with Crippen molar-refractivity contribution < 1.29 is 9.42 Å². The average molecular weight is 439 g/mol. The third-order valence-corrected chi connectivity index (χ3v) is 3.88. The van der Waals surface area contributed by atoms with E-state index >= 15 is 0 Å². The molecule has 0 heterocycles. The Hall–Kier alpha value is 0.779. The van der Waals surface area contributed by atoms with Gasteiger partial charge in [0, 0.05) is 0 Å². The summed E-state index contributed by atoms with van der Waals surface area (Å²) in [4.78, 5) is 9.74. The van der Waals surface area contributed by atoms with Crippen LogP contribution in [0.3, 0.4) is 0 Å². The zero-order valence-electron chi connectivity index (χ0n) is 12.3. The van der Waals surface area contributed by atoms with E-state index in [0.717, 1.165) is 55.4 Å². The van der Waals surface area contributed by atoms with Gasteiger partial charge in [-0.2, -0.15) is 0 Å². The summed E-state index contributed by atoms with van der Waals surface area (Å²) in [5.41, 5.74) is -0.714. The predicted octanol–water partition coefficient (Wildman–Crippen LogP) is 3.98. The minimum absolute atomic E-state index is 0. The molecule has 1 rings (SSSR count). The molecule has 114 valence electrons. The summed E-state index contributed by atoms with van der Waals surface area (Å²) in [6, 6.07) is 6.17. The molecule has 0 saturated carbocycles. The van der Waals surface area contributed by atoms with E-state index in [4.69, 9.17) is 16.3 Å². The summed E-state index contributed by atoms with van der Waals surface area (Å²) < 4.78 is 5.60. The van der Waals surface area contributed by atoms with E-state index in [1.807, 2.05) is 0 Å². The number of aryl methyl sites for hydroxylation is 2. The van der Waals surface area contributed by atoms with Crippen LogP contribution in [-0.4, -0.2) is 28.8 Å². The molecule has 0 saturated heterocycles. The fourth-order valence-electron chi connectivity index (χ4n) is 2.00. The molecule has 0 bridgehead atoms. The molecule has 2 radical (unpaired) electrons. The quantitative estimate of drug-likeness (QED) is 0.365. The normalized spacial score (nSPS) is 13.4. The zero-order chi connectivity index (χ0) is 14.3. The molecular weight excluding hydrogens is 414 g/mol. The second kappa shape index (κ2) is 10.5. The summed E-state index contributed by atoms with van der Waals surface area (Å²) in [7, 11) is 0. The summed E-state index contributed by atoms with van der Waals surface area (Å²) in [5, 5.41) is 0. The molecule has 0 aromatic heterocycles. The molecule has 1 unspecified atom stereocenters. The van der Waals surface area contributed by atoms with E-state index in [0.29, 0.717) is 0 Å². The van der Waals surface area contributed by atoms with Gasteiger partial charge < -0.3 is 9.42 Å². The van der Waals surface area contributed by atoms with Crippen LogP contribution in [-0.2, 0) is 24.6 Å². The molecule has 6 heteroatoms. The molecule has 1 aromatic rings. The zero-order valence-corrected chi connectivity index (χ0v) is 19.0. The van der Waals surface area contributed by atoms with Crippen LogP contribution in [0.5, 0.6) is 5.75 Å². The summed E-state index contributed by atoms with van der Waals surface area (Å²) in [5.74, 6) is 0.769. The predicted molar refractivity (Wildman–Crippen MR) is 98.3 cm³/mol. The van der Waals surface area contributed by atoms with E-state index < -0.39 is 5.69 Å². The molecule has 1 aromatic carbocycles. The van der Waals surface area contributed by atoms with Crippen molar-refractivity contribution in [1.29, 1.82) is 0 Å². The molecule has 0 aliphatic heterocycles. The number of benzene rings is 1. The van der Waals surface area contributed by atoms with Crippen LogP contribution in [0, 0.1) is 0 Å². The molecule has 1 atom stereocenters. The van der Waals surface area contributed by atoms with Gasteiger partial charge in [0.2, 0.25) is 0 Å². The van der Waals surface area contributed by atoms with Crippen molar-refractivity contribution in [2.75, 3.05) is 0 Å². The molecule has 0 aliphatic rings. The first-order valence-electron chi connectivity index (χ1n) is 6.83. The van der Waals surface area contributed by atoms with Crippen molar-refractivity contribution in [3.8, 4) is 5.75 Å². The fourth-order valence-corrected chi connectivity index (χ4v) is 2.94. The third kappa shape index (κ3) is 7.69. The average Bonchev–Trinajstić information content (AvgIpc) is 2.34. The third-order valence-electron chi connectivity index (χ3n) is 2.99. The van der Waals surface area contributed by atoms with Crippen LogP contribution in [0.1, 0.15) is 50.7 Å². The van der Waals surface area contributed by atoms with Crippen molar-refractivity contribution in [2.24, 2.45) is 0 Å². The van der Waals surface area contributed by atoms with Crippen molar-refractivity contribution in [1.82, 2.24) is 0 Å². The van der Waals surface area contributed by atoms with Crippen molar-refractivity contribution in [3.63, 3.8) is 0 Å². The SMILES string of the molecule is CCCCc1cccc(CCCC)c1OP(O)(=S)S.[SnH2]. The van der Waals surface area contributed by atoms with Gasteiger partial charge in [0.15, 0.2) is 0 Å². The Morgan fingerprint density at radius 3 is 1.95 bits per heavy atom. The van der Waals surface area contributed by atoms with E-state index in [2.05, 4.69) is 44.3 Å². The van der Waals surface area contributed by atoms with Crippen molar-refractivity contribution in [3.05, 3.63) is 29.3 Å². The molecular formula is C14H25O2PS2Sn. The minimum atomic E-state index is -2.98. The molecule has 0 spiro atoms. The first kappa shape index (κ1) is 20.8. The van der Waals surface area contributed by atoms with Gasteiger partial charge in [0.05, 0.1) is 0 Å². The maximum atomic E-state index is 9.74. The summed E-state index contributed by atoms with van der Waals surface area (Å²) in [6.45, 7) is 4.33. The molecule has 0 amide bonds. The van der Waals surface area contributed by atoms with E-state index in [-0.39, 0.29) is 23.9 Å². The van der Waals surface area contributed by atoms with E-state index in [1.165, 1.54) is 0 Å². The van der Waals surface area contributed by atoms with Crippen molar-refractivity contribution in [2.45, 2.75) is 52.4 Å². The molecule has 0 aliphatic carbocycles. The van der Waals surface area contributed by atoms with Crippen molar-refractivity contribution >= 4 is 53.7 Å². The monoisotopic (exact) mass is 440 g/mol. The number of unbranched alkanes of at least 4 members (excludes halogenated alkanes) is 2. The number of hydrogen-bond acceptors (Lipinski definition) is 2. The van der Waals surface area contributed by atoms with Crippen LogP contribution < -0.4 is 4.52 Å². The topological polar surface area (TPSA) is 29.5 Å². The summed E-state index contributed by atoms with van der Waals surface area (Å²) in [6.07, 6.45) is 6.38. The Kier molecular flexibility index (Phi) is 10.9. The number of hydrogen-bond donors (Lipinski definition) is 2. The fraction of sp³-hybridized carbons (Fsp3) is 0.571. The van der Waals surface area contributed by atoms with Crippen LogP contribution in [0.4, 0.5) is 0 Å². The Labute approximate surface area is 150 Å². The second-order valence-corrected chi connectivity index (χ2v) is 9.78. The standard InChI is InChI=1S/C14H23O2PS2.Sn.2H/c1-3-5-8-12-10-7-11-13(9-6-4-2)14(12)16-17(15,18)19;;;/h7,10-11H,3-6,8-9H2,1-2H3,(H2,15,18,19);;;. The van der Waals surface area contributed by atoms with Crippen LogP contribution >= 0.6 is 17.9 Å². The number of para-hydroxylation sites is 1. The Morgan fingerprint density at radius 2 is 1.60 bits per heavy atom. The van der Waals surface area contributed by atoms with Gasteiger partial charge in [-0.05, 0) is 48.6 Å². The maximum absolute atomic E-state index is 9.74. The van der Waals surface area contributed by atoms with Gasteiger partial charge in [0.1, 0.15) is 5.75 Å². The van der Waals surface area contributed by atoms with Gasteiger partial charge in [-0.3, -0.25) is 0 Å². The Bertz CT molecular complexity index is 423. The van der Waals surface area contributed by atoms with Gasteiger partial charge >= 0.3 is 23.9 Å². The summed E-state index contributed by atoms with van der Waals surface area (Å²) >= 11 is 8.92. The van der Waals surface area contributed by atoms with E-state index in [1.54, 1.807) is 0 Å². The number of thiol groups is 1. The van der Waals surface area contributed by atoms with Gasteiger partial charge in [-0.25, -0.2) is 0 Å². The van der Waals surface area contributed by atoms with Crippen LogP contribution in [0.15, 0.2) is 18.2 Å².